The van der Waals surface area contributed by atoms with Crippen LogP contribution in [0.5, 0.6) is 5.75 Å². The lowest BCUT2D eigenvalue weighted by atomic mass is 9.82. The zero-order valence-electron chi connectivity index (χ0n) is 17.9. The predicted octanol–water partition coefficient (Wildman–Crippen LogP) is 2.63. The molecule has 2 heterocycles. The molecule has 0 saturated carbocycles. The topological polar surface area (TPSA) is 113 Å². The number of hydrogen-bond donors (Lipinski definition) is 2. The second kappa shape index (κ2) is 10.0. The van der Waals surface area contributed by atoms with Crippen molar-refractivity contribution in [1.82, 2.24) is 4.98 Å². The van der Waals surface area contributed by atoms with E-state index in [0.717, 1.165) is 6.07 Å². The molecule has 1 fully saturated rings. The van der Waals surface area contributed by atoms with Gasteiger partial charge in [0.05, 0.1) is 12.7 Å². The number of amides is 2. The van der Waals surface area contributed by atoms with Gasteiger partial charge in [0.15, 0.2) is 11.6 Å². The van der Waals surface area contributed by atoms with Gasteiger partial charge in [-0.1, -0.05) is 13.0 Å². The predicted molar refractivity (Wildman–Crippen MR) is 111 cm³/mol. The van der Waals surface area contributed by atoms with E-state index in [0.29, 0.717) is 11.3 Å². The number of anilines is 1. The second-order valence-electron chi connectivity index (χ2n) is 7.55. The Kier molecular flexibility index (Phi) is 7.37. The van der Waals surface area contributed by atoms with Gasteiger partial charge < -0.3 is 25.3 Å². The van der Waals surface area contributed by atoms with Gasteiger partial charge in [-0.05, 0) is 31.0 Å². The Morgan fingerprint density at radius 3 is 2.66 bits per heavy atom. The number of hydrogen-bond acceptors (Lipinski definition) is 6. The lowest BCUT2D eigenvalue weighted by molar-refractivity contribution is -0.127. The minimum absolute atomic E-state index is 0.00512. The zero-order chi connectivity index (χ0) is 23.4. The molecule has 1 aliphatic rings. The number of ether oxygens (including phenoxy) is 3. The summed E-state index contributed by atoms with van der Waals surface area (Å²) in [7, 11) is 1.46. The number of halogens is 2. The molecule has 0 aliphatic carbocycles. The standard InChI is InChI=1S/C22H25F2N3O5/c1-11-12(2)32-20(22(29)27-13-6-7-26-16(10-13)21(25)28)17(11)14-4-5-15(23)18(24)19(14)31-9-8-30-3/h4-7,10-12,17,20H,8-9H2,1-3H3,(H2,25,28)(H,26,27,29)/t11-,12-,17?,20?/m1/s1. The summed E-state index contributed by atoms with van der Waals surface area (Å²) in [5.74, 6) is -4.54. The van der Waals surface area contributed by atoms with Crippen molar-refractivity contribution in [2.45, 2.75) is 32.0 Å². The average Bonchev–Trinajstić information content (AvgIpc) is 3.06. The molecule has 0 bridgehead atoms. The van der Waals surface area contributed by atoms with Crippen molar-refractivity contribution >= 4 is 17.5 Å². The molecule has 2 amide bonds. The molecule has 4 atom stereocenters. The third kappa shape index (κ3) is 4.86. The number of nitrogens with zero attached hydrogens (tertiary/aromatic N) is 1. The summed E-state index contributed by atoms with van der Waals surface area (Å²) >= 11 is 0. The number of nitrogens with one attached hydrogen (secondary N) is 1. The number of primary amides is 1. The Morgan fingerprint density at radius 2 is 1.97 bits per heavy atom. The molecule has 0 spiro atoms. The van der Waals surface area contributed by atoms with Gasteiger partial charge in [0.1, 0.15) is 18.4 Å². The largest absolute Gasteiger partial charge is 0.488 e. The Bertz CT molecular complexity index is 1000. The van der Waals surface area contributed by atoms with Crippen LogP contribution in [0.1, 0.15) is 35.8 Å². The Balaban J connectivity index is 1.93. The number of benzene rings is 1. The van der Waals surface area contributed by atoms with Crippen molar-refractivity contribution in [1.29, 1.82) is 0 Å². The van der Waals surface area contributed by atoms with Crippen LogP contribution in [0.3, 0.4) is 0 Å². The summed E-state index contributed by atoms with van der Waals surface area (Å²) in [5, 5.41) is 2.68. The molecular formula is C22H25F2N3O5. The van der Waals surface area contributed by atoms with Crippen LogP contribution in [0.15, 0.2) is 30.5 Å². The van der Waals surface area contributed by atoms with Crippen molar-refractivity contribution in [3.8, 4) is 5.75 Å². The molecule has 2 aromatic rings. The van der Waals surface area contributed by atoms with Crippen LogP contribution in [0.25, 0.3) is 0 Å². The highest BCUT2D eigenvalue weighted by Gasteiger charge is 2.46. The van der Waals surface area contributed by atoms with E-state index in [4.69, 9.17) is 19.9 Å². The van der Waals surface area contributed by atoms with Crippen molar-refractivity contribution in [3.63, 3.8) is 0 Å². The van der Waals surface area contributed by atoms with Crippen molar-refractivity contribution in [2.24, 2.45) is 11.7 Å². The van der Waals surface area contributed by atoms with Crippen molar-refractivity contribution < 1.29 is 32.6 Å². The molecule has 0 radical (unpaired) electrons. The van der Waals surface area contributed by atoms with Crippen LogP contribution >= 0.6 is 0 Å². The van der Waals surface area contributed by atoms with Gasteiger partial charge >= 0.3 is 0 Å². The summed E-state index contributed by atoms with van der Waals surface area (Å²) in [5.41, 5.74) is 5.85. The maximum atomic E-state index is 14.6. The summed E-state index contributed by atoms with van der Waals surface area (Å²) < 4.78 is 44.9. The lowest BCUT2D eigenvalue weighted by Gasteiger charge is -2.24. The third-order valence-electron chi connectivity index (χ3n) is 5.51. The normalized spacial score (nSPS) is 22.5. The first-order valence-corrected chi connectivity index (χ1v) is 10.1. The van der Waals surface area contributed by atoms with Crippen LogP contribution in [0.2, 0.25) is 0 Å². The molecule has 1 aromatic carbocycles. The van der Waals surface area contributed by atoms with Crippen molar-refractivity contribution in [3.05, 3.63) is 53.4 Å². The number of methoxy groups -OCH3 is 1. The van der Waals surface area contributed by atoms with E-state index in [-0.39, 0.29) is 36.7 Å². The number of carbonyl (C=O) groups is 2. The first-order valence-electron chi connectivity index (χ1n) is 10.1. The van der Waals surface area contributed by atoms with Crippen LogP contribution in [0, 0.1) is 17.6 Å². The fourth-order valence-electron chi connectivity index (χ4n) is 3.72. The number of nitrogens with two attached hydrogens (primary N) is 1. The lowest BCUT2D eigenvalue weighted by Crippen LogP contribution is -2.33. The molecule has 1 aromatic heterocycles. The van der Waals surface area contributed by atoms with Crippen LogP contribution in [-0.2, 0) is 14.3 Å². The van der Waals surface area contributed by atoms with E-state index in [2.05, 4.69) is 10.3 Å². The first kappa shape index (κ1) is 23.6. The molecule has 32 heavy (non-hydrogen) atoms. The molecule has 8 nitrogen and oxygen atoms in total. The summed E-state index contributed by atoms with van der Waals surface area (Å²) in [4.78, 5) is 28.3. The molecule has 1 aliphatic heterocycles. The molecule has 10 heteroatoms. The summed E-state index contributed by atoms with van der Waals surface area (Å²) in [6.45, 7) is 3.84. The average molecular weight is 449 g/mol. The SMILES string of the molecule is COCCOc1c(C2C(C(=O)Nc3ccnc(C(N)=O)c3)O[C@H](C)[C@H]2C)ccc(F)c1F. The molecule has 172 valence electrons. The van der Waals surface area contributed by atoms with Gasteiger partial charge in [0.2, 0.25) is 5.82 Å². The molecular weight excluding hydrogens is 424 g/mol. The van der Waals surface area contributed by atoms with E-state index in [1.807, 2.05) is 6.92 Å². The molecule has 2 unspecified atom stereocenters. The number of aromatic nitrogens is 1. The van der Waals surface area contributed by atoms with Gasteiger partial charge in [-0.25, -0.2) is 4.39 Å². The zero-order valence-corrected chi connectivity index (χ0v) is 17.9. The van der Waals surface area contributed by atoms with Crippen molar-refractivity contribution in [2.75, 3.05) is 25.6 Å². The summed E-state index contributed by atoms with van der Waals surface area (Å²) in [6.07, 6.45) is -0.0143. The third-order valence-corrected chi connectivity index (χ3v) is 5.51. The minimum atomic E-state index is -1.13. The number of pyridine rings is 1. The van der Waals surface area contributed by atoms with Gasteiger partial charge in [0.25, 0.3) is 11.8 Å². The molecule has 3 N–H and O–H groups in total. The Morgan fingerprint density at radius 1 is 1.22 bits per heavy atom. The smallest absolute Gasteiger partial charge is 0.267 e. The van der Waals surface area contributed by atoms with Crippen LogP contribution in [-0.4, -0.2) is 49.3 Å². The van der Waals surface area contributed by atoms with Gasteiger partial charge in [-0.15, -0.1) is 0 Å². The van der Waals surface area contributed by atoms with Gasteiger partial charge in [0, 0.05) is 30.5 Å². The molecule has 3 rings (SSSR count). The fourth-order valence-corrected chi connectivity index (χ4v) is 3.72. The van der Waals surface area contributed by atoms with E-state index < -0.39 is 35.5 Å². The Hall–Kier alpha value is -3.11. The van der Waals surface area contributed by atoms with E-state index in [1.54, 1.807) is 6.92 Å². The monoisotopic (exact) mass is 449 g/mol. The second-order valence-corrected chi connectivity index (χ2v) is 7.55. The highest BCUT2D eigenvalue weighted by Crippen LogP contribution is 2.45. The number of rotatable bonds is 8. The number of carbonyl (C=O) groups excluding carboxylic acids is 2. The van der Waals surface area contributed by atoms with Crippen LogP contribution in [0.4, 0.5) is 14.5 Å². The van der Waals surface area contributed by atoms with E-state index in [9.17, 15) is 18.4 Å². The maximum absolute atomic E-state index is 14.6. The fraction of sp³-hybridized carbons (Fsp3) is 0.409. The molecule has 1 saturated heterocycles. The maximum Gasteiger partial charge on any atom is 0.267 e. The summed E-state index contributed by atoms with van der Waals surface area (Å²) in [6, 6.07) is 5.24. The van der Waals surface area contributed by atoms with E-state index in [1.165, 1.54) is 31.5 Å². The van der Waals surface area contributed by atoms with Gasteiger partial charge in [-0.3, -0.25) is 14.6 Å². The van der Waals surface area contributed by atoms with E-state index >= 15 is 0 Å². The highest BCUT2D eigenvalue weighted by atomic mass is 19.2. The van der Waals surface area contributed by atoms with Crippen LogP contribution < -0.4 is 15.8 Å². The minimum Gasteiger partial charge on any atom is -0.488 e. The van der Waals surface area contributed by atoms with Gasteiger partial charge in [-0.2, -0.15) is 4.39 Å². The quantitative estimate of drug-likeness (QED) is 0.599. The highest BCUT2D eigenvalue weighted by molar-refractivity contribution is 5.97. The first-order chi connectivity index (χ1) is 15.2. The Labute approximate surface area is 184 Å².